The second-order valence-electron chi connectivity index (χ2n) is 7.86. The minimum Gasteiger partial charge on any atom is -0.356 e. The maximum atomic E-state index is 11.5. The van der Waals surface area contributed by atoms with Gasteiger partial charge in [0.15, 0.2) is 5.96 Å². The highest BCUT2D eigenvalue weighted by Crippen LogP contribution is 2.20. The molecule has 6 nitrogen and oxygen atoms in total. The van der Waals surface area contributed by atoms with E-state index < -0.39 is 15.6 Å². The molecule has 30 heavy (non-hydrogen) atoms. The van der Waals surface area contributed by atoms with Crippen molar-refractivity contribution in [3.8, 4) is 0 Å². The first-order valence-electron chi connectivity index (χ1n) is 9.71. The monoisotopic (exact) mass is 544 g/mol. The number of guanidine groups is 1. The molecule has 0 amide bonds. The van der Waals surface area contributed by atoms with Crippen LogP contribution in [0.2, 0.25) is 0 Å². The van der Waals surface area contributed by atoms with E-state index in [2.05, 4.69) is 68.9 Å². The first-order valence-corrected chi connectivity index (χ1v) is 11.6. The van der Waals surface area contributed by atoms with Gasteiger partial charge in [-0.1, -0.05) is 60.7 Å². The summed E-state index contributed by atoms with van der Waals surface area (Å²) in [6.45, 7) is 4.78. The van der Waals surface area contributed by atoms with Gasteiger partial charge in [0.2, 0.25) is 10.0 Å². The third kappa shape index (κ3) is 9.90. The van der Waals surface area contributed by atoms with Gasteiger partial charge in [-0.25, -0.2) is 13.1 Å². The quantitative estimate of drug-likeness (QED) is 0.258. The Bertz CT molecular complexity index is 888. The highest BCUT2D eigenvalue weighted by atomic mass is 127. The third-order valence-electron chi connectivity index (χ3n) is 4.49. The normalized spacial score (nSPS) is 13.3. The number of halogens is 1. The SMILES string of the molecule is CN=C(NCC(Cc1ccccc1)c1ccccc1)NCC(C)(C)NS(C)(=O)=O.I. The standard InChI is InChI=1S/C22H32N4O2S.HI/c1-22(2,26-29(4,27)28)17-25-21(23-3)24-16-20(19-13-9-6-10-14-19)15-18-11-7-5-8-12-18;/h5-14,20,26H,15-17H2,1-4H3,(H2,23,24,25);1H. The molecular weight excluding hydrogens is 511 g/mol. The van der Waals surface area contributed by atoms with Crippen LogP contribution in [0.1, 0.15) is 30.9 Å². The fourth-order valence-corrected chi connectivity index (χ4v) is 4.29. The molecule has 1 atom stereocenters. The van der Waals surface area contributed by atoms with Crippen molar-refractivity contribution in [3.05, 3.63) is 71.8 Å². The van der Waals surface area contributed by atoms with Crippen LogP contribution in [-0.4, -0.2) is 46.3 Å². The van der Waals surface area contributed by atoms with E-state index >= 15 is 0 Å². The lowest BCUT2D eigenvalue weighted by molar-refractivity contribution is 0.446. The van der Waals surface area contributed by atoms with Gasteiger partial charge in [0, 0.05) is 31.6 Å². The molecule has 2 rings (SSSR count). The van der Waals surface area contributed by atoms with E-state index in [1.165, 1.54) is 11.1 Å². The number of aliphatic imine (C=N–C) groups is 1. The van der Waals surface area contributed by atoms with E-state index in [4.69, 9.17) is 0 Å². The fourth-order valence-electron chi connectivity index (χ4n) is 3.21. The van der Waals surface area contributed by atoms with Crippen molar-refractivity contribution < 1.29 is 8.42 Å². The summed E-state index contributed by atoms with van der Waals surface area (Å²) in [6.07, 6.45) is 2.08. The number of rotatable bonds is 9. The number of nitrogens with zero attached hydrogens (tertiary/aromatic N) is 1. The lowest BCUT2D eigenvalue weighted by Crippen LogP contribution is -2.53. The van der Waals surface area contributed by atoms with E-state index in [0.29, 0.717) is 19.0 Å². The van der Waals surface area contributed by atoms with Crippen molar-refractivity contribution >= 4 is 40.0 Å². The summed E-state index contributed by atoms with van der Waals surface area (Å²) in [5.74, 6) is 0.918. The lowest BCUT2D eigenvalue weighted by atomic mass is 9.92. The van der Waals surface area contributed by atoms with Crippen LogP contribution in [0.3, 0.4) is 0 Å². The van der Waals surface area contributed by atoms with Crippen LogP contribution in [0.25, 0.3) is 0 Å². The molecule has 0 heterocycles. The first kappa shape index (κ1) is 26.4. The van der Waals surface area contributed by atoms with Crippen molar-refractivity contribution in [3.63, 3.8) is 0 Å². The van der Waals surface area contributed by atoms with E-state index in [9.17, 15) is 8.42 Å². The van der Waals surface area contributed by atoms with Crippen LogP contribution in [0.5, 0.6) is 0 Å². The molecule has 0 spiro atoms. The molecule has 0 aliphatic carbocycles. The fraction of sp³-hybridized carbons (Fsp3) is 0.409. The molecule has 0 aliphatic rings. The van der Waals surface area contributed by atoms with Gasteiger partial charge < -0.3 is 10.6 Å². The molecule has 1 unspecified atom stereocenters. The molecular formula is C22H33IN4O2S. The molecule has 2 aromatic carbocycles. The van der Waals surface area contributed by atoms with Crippen molar-refractivity contribution in [2.45, 2.75) is 31.7 Å². The molecule has 3 N–H and O–H groups in total. The van der Waals surface area contributed by atoms with Gasteiger partial charge >= 0.3 is 0 Å². The van der Waals surface area contributed by atoms with Gasteiger partial charge in [0.1, 0.15) is 0 Å². The van der Waals surface area contributed by atoms with Gasteiger partial charge in [-0.3, -0.25) is 4.99 Å². The minimum absolute atomic E-state index is 0. The predicted octanol–water partition coefficient (Wildman–Crippen LogP) is 3.12. The van der Waals surface area contributed by atoms with Crippen molar-refractivity contribution in [2.24, 2.45) is 4.99 Å². The average molecular weight is 545 g/mol. The Hall–Kier alpha value is -1.65. The van der Waals surface area contributed by atoms with Gasteiger partial charge in [0.25, 0.3) is 0 Å². The Morgan fingerprint density at radius 3 is 2.10 bits per heavy atom. The zero-order chi connectivity index (χ0) is 21.3. The van der Waals surface area contributed by atoms with Crippen LogP contribution >= 0.6 is 24.0 Å². The topological polar surface area (TPSA) is 82.6 Å². The maximum Gasteiger partial charge on any atom is 0.209 e. The molecule has 2 aromatic rings. The molecule has 0 bridgehead atoms. The largest absolute Gasteiger partial charge is 0.356 e. The third-order valence-corrected chi connectivity index (χ3v) is 5.42. The number of hydrogen-bond acceptors (Lipinski definition) is 3. The Kier molecular flexibility index (Phi) is 10.8. The first-order chi connectivity index (χ1) is 13.7. The predicted molar refractivity (Wildman–Crippen MR) is 136 cm³/mol. The number of nitrogens with one attached hydrogen (secondary N) is 3. The molecule has 0 saturated carbocycles. The lowest BCUT2D eigenvalue weighted by Gasteiger charge is -2.27. The van der Waals surface area contributed by atoms with Crippen molar-refractivity contribution in [2.75, 3.05) is 26.4 Å². The Morgan fingerprint density at radius 1 is 1.00 bits per heavy atom. The summed E-state index contributed by atoms with van der Waals surface area (Å²) in [7, 11) is -1.57. The molecule has 0 saturated heterocycles. The molecule has 0 aliphatic heterocycles. The zero-order valence-electron chi connectivity index (χ0n) is 18.1. The highest BCUT2D eigenvalue weighted by Gasteiger charge is 2.22. The second-order valence-corrected chi connectivity index (χ2v) is 9.61. The van der Waals surface area contributed by atoms with Gasteiger partial charge in [-0.15, -0.1) is 24.0 Å². The highest BCUT2D eigenvalue weighted by molar-refractivity contribution is 14.0. The number of hydrogen-bond donors (Lipinski definition) is 3. The zero-order valence-corrected chi connectivity index (χ0v) is 21.2. The molecule has 166 valence electrons. The van der Waals surface area contributed by atoms with E-state index in [0.717, 1.165) is 12.7 Å². The van der Waals surface area contributed by atoms with Gasteiger partial charge in [-0.2, -0.15) is 0 Å². The molecule has 8 heteroatoms. The number of benzene rings is 2. The van der Waals surface area contributed by atoms with E-state index in [-0.39, 0.29) is 29.9 Å². The maximum absolute atomic E-state index is 11.5. The van der Waals surface area contributed by atoms with Gasteiger partial charge in [-0.05, 0) is 31.4 Å². The molecule has 0 fully saturated rings. The van der Waals surface area contributed by atoms with Crippen LogP contribution in [0, 0.1) is 0 Å². The van der Waals surface area contributed by atoms with Crippen LogP contribution in [0.4, 0.5) is 0 Å². The van der Waals surface area contributed by atoms with Crippen LogP contribution in [-0.2, 0) is 16.4 Å². The van der Waals surface area contributed by atoms with Crippen molar-refractivity contribution in [1.82, 2.24) is 15.4 Å². The smallest absolute Gasteiger partial charge is 0.209 e. The number of sulfonamides is 1. The van der Waals surface area contributed by atoms with Crippen LogP contribution in [0.15, 0.2) is 65.7 Å². The average Bonchev–Trinajstić information content (AvgIpc) is 2.66. The summed E-state index contributed by atoms with van der Waals surface area (Å²) in [5, 5.41) is 6.60. The van der Waals surface area contributed by atoms with Crippen molar-refractivity contribution in [1.29, 1.82) is 0 Å². The summed E-state index contributed by atoms with van der Waals surface area (Å²) in [5.41, 5.74) is 1.91. The Morgan fingerprint density at radius 2 is 1.57 bits per heavy atom. The summed E-state index contributed by atoms with van der Waals surface area (Å²) < 4.78 is 25.7. The second kappa shape index (κ2) is 12.3. The summed E-state index contributed by atoms with van der Waals surface area (Å²) in [6, 6.07) is 20.8. The van der Waals surface area contributed by atoms with E-state index in [1.54, 1.807) is 7.05 Å². The Labute approximate surface area is 198 Å². The minimum atomic E-state index is -3.28. The molecule has 0 radical (unpaired) electrons. The Balaban J connectivity index is 0.00000450. The summed E-state index contributed by atoms with van der Waals surface area (Å²) >= 11 is 0. The molecule has 0 aromatic heterocycles. The van der Waals surface area contributed by atoms with Crippen LogP contribution < -0.4 is 15.4 Å². The van der Waals surface area contributed by atoms with Gasteiger partial charge in [0.05, 0.1) is 6.26 Å². The summed E-state index contributed by atoms with van der Waals surface area (Å²) in [4.78, 5) is 4.28. The van der Waals surface area contributed by atoms with E-state index in [1.807, 2.05) is 26.0 Å².